The topological polar surface area (TPSA) is 35.2 Å². The van der Waals surface area contributed by atoms with Gasteiger partial charge in [0.2, 0.25) is 0 Å². The minimum absolute atomic E-state index is 0.548. The van der Waals surface area contributed by atoms with Gasteiger partial charge in [-0.1, -0.05) is 11.6 Å². The zero-order valence-corrected chi connectivity index (χ0v) is 9.70. The van der Waals surface area contributed by atoms with E-state index in [4.69, 9.17) is 22.1 Å². The third-order valence-corrected chi connectivity index (χ3v) is 2.76. The lowest BCUT2D eigenvalue weighted by Crippen LogP contribution is -1.98. The van der Waals surface area contributed by atoms with Crippen LogP contribution < -0.4 is 10.5 Å². The lowest BCUT2D eigenvalue weighted by molar-refractivity contribution is 0.319. The first-order valence-electron chi connectivity index (χ1n) is 4.41. The summed E-state index contributed by atoms with van der Waals surface area (Å²) >= 11 is 7.66. The van der Waals surface area contributed by atoms with Crippen molar-refractivity contribution in [3.8, 4) is 5.75 Å². The molecule has 1 aromatic rings. The second kappa shape index (κ2) is 6.04. The van der Waals surface area contributed by atoms with Gasteiger partial charge in [-0.2, -0.15) is 11.8 Å². The average Bonchev–Trinajstić information content (AvgIpc) is 2.18. The van der Waals surface area contributed by atoms with Crippen LogP contribution >= 0.6 is 23.4 Å². The summed E-state index contributed by atoms with van der Waals surface area (Å²) in [5, 5.41) is 0.548. The first-order valence-corrected chi connectivity index (χ1v) is 6.18. The molecule has 0 saturated heterocycles. The summed E-state index contributed by atoms with van der Waals surface area (Å²) in [6.45, 7) is 0.723. The van der Waals surface area contributed by atoms with Crippen LogP contribution in [0.15, 0.2) is 18.2 Å². The molecule has 0 radical (unpaired) electrons. The third kappa shape index (κ3) is 3.68. The van der Waals surface area contributed by atoms with Crippen molar-refractivity contribution in [1.29, 1.82) is 0 Å². The summed E-state index contributed by atoms with van der Waals surface area (Å²) in [5.41, 5.74) is 6.16. The van der Waals surface area contributed by atoms with Crippen LogP contribution in [0.1, 0.15) is 6.42 Å². The maximum atomic E-state index is 5.84. The number of anilines is 1. The van der Waals surface area contributed by atoms with Gasteiger partial charge < -0.3 is 10.5 Å². The van der Waals surface area contributed by atoms with Gasteiger partial charge in [0.25, 0.3) is 0 Å². The van der Waals surface area contributed by atoms with Crippen molar-refractivity contribution in [2.24, 2.45) is 0 Å². The van der Waals surface area contributed by atoms with Crippen LogP contribution in [0.2, 0.25) is 5.02 Å². The fourth-order valence-corrected chi connectivity index (χ4v) is 1.57. The van der Waals surface area contributed by atoms with E-state index in [-0.39, 0.29) is 0 Å². The van der Waals surface area contributed by atoms with Crippen molar-refractivity contribution < 1.29 is 4.74 Å². The highest BCUT2D eigenvalue weighted by atomic mass is 35.5. The highest BCUT2D eigenvalue weighted by Crippen LogP contribution is 2.24. The minimum Gasteiger partial charge on any atom is -0.494 e. The molecule has 0 aromatic heterocycles. The molecule has 2 nitrogen and oxygen atoms in total. The maximum Gasteiger partial charge on any atom is 0.120 e. The number of rotatable bonds is 5. The van der Waals surface area contributed by atoms with E-state index in [2.05, 4.69) is 6.26 Å². The highest BCUT2D eigenvalue weighted by molar-refractivity contribution is 7.98. The minimum atomic E-state index is 0.548. The van der Waals surface area contributed by atoms with Crippen LogP contribution in [0.4, 0.5) is 5.69 Å². The van der Waals surface area contributed by atoms with E-state index >= 15 is 0 Å². The summed E-state index contributed by atoms with van der Waals surface area (Å²) in [6.07, 6.45) is 3.13. The fraction of sp³-hybridized carbons (Fsp3) is 0.400. The molecule has 78 valence electrons. The summed E-state index contributed by atoms with van der Waals surface area (Å²) < 4.78 is 5.49. The van der Waals surface area contributed by atoms with E-state index < -0.39 is 0 Å². The molecule has 0 atom stereocenters. The van der Waals surface area contributed by atoms with E-state index in [1.165, 1.54) is 0 Å². The number of hydrogen-bond donors (Lipinski definition) is 1. The lowest BCUT2D eigenvalue weighted by Gasteiger charge is -2.06. The van der Waals surface area contributed by atoms with Crippen molar-refractivity contribution in [2.45, 2.75) is 6.42 Å². The summed E-state index contributed by atoms with van der Waals surface area (Å²) in [6, 6.07) is 5.34. The second-order valence-electron chi connectivity index (χ2n) is 2.88. The van der Waals surface area contributed by atoms with Crippen LogP contribution in [0, 0.1) is 0 Å². The van der Waals surface area contributed by atoms with Gasteiger partial charge >= 0.3 is 0 Å². The first kappa shape index (κ1) is 11.5. The normalized spacial score (nSPS) is 10.1. The molecule has 0 saturated carbocycles. The lowest BCUT2D eigenvalue weighted by atomic mass is 10.3. The molecule has 2 N–H and O–H groups in total. The molecule has 0 aliphatic rings. The smallest absolute Gasteiger partial charge is 0.120 e. The van der Waals surface area contributed by atoms with E-state index in [0.29, 0.717) is 10.7 Å². The molecule has 0 amide bonds. The molecular formula is C10H14ClNOS. The van der Waals surface area contributed by atoms with Gasteiger partial charge in [-0.15, -0.1) is 0 Å². The van der Waals surface area contributed by atoms with Crippen molar-refractivity contribution in [2.75, 3.05) is 24.3 Å². The van der Waals surface area contributed by atoms with Crippen LogP contribution in [0.3, 0.4) is 0 Å². The number of hydrogen-bond acceptors (Lipinski definition) is 3. The number of nitrogens with two attached hydrogens (primary N) is 1. The molecule has 0 fully saturated rings. The standard InChI is InChI=1S/C10H14ClNOS/c1-14-6-2-5-13-8-3-4-10(12)9(11)7-8/h3-4,7H,2,5-6,12H2,1H3. The zero-order valence-electron chi connectivity index (χ0n) is 8.13. The van der Waals surface area contributed by atoms with Crippen molar-refractivity contribution in [3.05, 3.63) is 23.2 Å². The number of halogens is 1. The molecule has 14 heavy (non-hydrogen) atoms. The molecule has 0 aliphatic carbocycles. The maximum absolute atomic E-state index is 5.84. The van der Waals surface area contributed by atoms with Crippen molar-refractivity contribution in [1.82, 2.24) is 0 Å². The molecule has 0 unspecified atom stereocenters. The summed E-state index contributed by atoms with van der Waals surface area (Å²) in [5.74, 6) is 1.90. The van der Waals surface area contributed by atoms with Gasteiger partial charge in [-0.05, 0) is 30.6 Å². The molecule has 0 heterocycles. The van der Waals surface area contributed by atoms with Gasteiger partial charge in [-0.3, -0.25) is 0 Å². The van der Waals surface area contributed by atoms with Crippen LogP contribution in [-0.2, 0) is 0 Å². The fourth-order valence-electron chi connectivity index (χ4n) is 0.991. The van der Waals surface area contributed by atoms with E-state index in [9.17, 15) is 0 Å². The van der Waals surface area contributed by atoms with Gasteiger partial charge in [0.15, 0.2) is 0 Å². The van der Waals surface area contributed by atoms with Crippen LogP contribution in [-0.4, -0.2) is 18.6 Å². The van der Waals surface area contributed by atoms with Gasteiger partial charge in [0, 0.05) is 6.07 Å². The number of thioether (sulfide) groups is 1. The molecule has 4 heteroatoms. The predicted octanol–water partition coefficient (Wildman–Crippen LogP) is 3.05. The van der Waals surface area contributed by atoms with E-state index in [1.54, 1.807) is 12.1 Å². The Balaban J connectivity index is 2.39. The summed E-state index contributed by atoms with van der Waals surface area (Å²) in [7, 11) is 0. The Bertz CT molecular complexity index is 293. The van der Waals surface area contributed by atoms with Gasteiger partial charge in [0.05, 0.1) is 17.3 Å². The molecule has 1 aromatic carbocycles. The number of nitrogen functional groups attached to an aromatic ring is 1. The average molecular weight is 232 g/mol. The predicted molar refractivity (Wildman–Crippen MR) is 64.4 cm³/mol. The van der Waals surface area contributed by atoms with E-state index in [0.717, 1.165) is 24.5 Å². The molecular weight excluding hydrogens is 218 g/mol. The SMILES string of the molecule is CSCCCOc1ccc(N)c(Cl)c1. The Morgan fingerprint density at radius 3 is 2.93 bits per heavy atom. The number of benzene rings is 1. The molecule has 0 spiro atoms. The monoisotopic (exact) mass is 231 g/mol. The Kier molecular flexibility index (Phi) is 4.98. The molecule has 0 bridgehead atoms. The Hall–Kier alpha value is -0.540. The van der Waals surface area contributed by atoms with E-state index in [1.807, 2.05) is 17.8 Å². The van der Waals surface area contributed by atoms with Crippen LogP contribution in [0.25, 0.3) is 0 Å². The Morgan fingerprint density at radius 1 is 1.50 bits per heavy atom. The zero-order chi connectivity index (χ0) is 10.4. The van der Waals surface area contributed by atoms with Gasteiger partial charge in [0.1, 0.15) is 5.75 Å². The highest BCUT2D eigenvalue weighted by Gasteiger charge is 1.98. The molecule has 1 rings (SSSR count). The largest absolute Gasteiger partial charge is 0.494 e. The number of ether oxygens (including phenoxy) is 1. The Morgan fingerprint density at radius 2 is 2.29 bits per heavy atom. The second-order valence-corrected chi connectivity index (χ2v) is 4.27. The molecule has 0 aliphatic heterocycles. The Labute approximate surface area is 93.8 Å². The summed E-state index contributed by atoms with van der Waals surface area (Å²) in [4.78, 5) is 0. The van der Waals surface area contributed by atoms with Gasteiger partial charge in [-0.25, -0.2) is 0 Å². The first-order chi connectivity index (χ1) is 6.74. The van der Waals surface area contributed by atoms with Crippen molar-refractivity contribution >= 4 is 29.1 Å². The third-order valence-electron chi connectivity index (χ3n) is 1.73. The van der Waals surface area contributed by atoms with Crippen LogP contribution in [0.5, 0.6) is 5.75 Å². The quantitative estimate of drug-likeness (QED) is 0.625. The van der Waals surface area contributed by atoms with Crippen molar-refractivity contribution in [3.63, 3.8) is 0 Å².